The molecule has 0 spiro atoms. The first-order valence-corrected chi connectivity index (χ1v) is 10.7. The average Bonchev–Trinajstić information content (AvgIpc) is 2.57. The second-order valence-corrected chi connectivity index (χ2v) is 10.1. The highest BCUT2D eigenvalue weighted by Gasteiger charge is 2.18. The Balaban J connectivity index is 2.68. The molecule has 3 nitrogen and oxygen atoms in total. The van der Waals surface area contributed by atoms with Gasteiger partial charge in [0.05, 0.1) is 0 Å². The predicted molar refractivity (Wildman–Crippen MR) is 115 cm³/mol. The van der Waals surface area contributed by atoms with Crippen molar-refractivity contribution in [2.24, 2.45) is 10.8 Å². The zero-order chi connectivity index (χ0) is 20.7. The highest BCUT2D eigenvalue weighted by atomic mass is 16.3. The molecule has 0 aliphatic carbocycles. The Morgan fingerprint density at radius 3 is 1.93 bits per heavy atom. The van der Waals surface area contributed by atoms with E-state index in [4.69, 9.17) is 0 Å². The number of phenols is 3. The molecule has 0 unspecified atom stereocenters. The summed E-state index contributed by atoms with van der Waals surface area (Å²) in [6.07, 6.45) is 10.6. The van der Waals surface area contributed by atoms with Gasteiger partial charge in [-0.1, -0.05) is 67.2 Å². The molecule has 0 heterocycles. The molecule has 3 heteroatoms. The number of benzene rings is 1. The second kappa shape index (κ2) is 10.2. The minimum atomic E-state index is -0.379. The number of aromatic hydroxyl groups is 3. The second-order valence-electron chi connectivity index (χ2n) is 10.1. The Morgan fingerprint density at radius 1 is 0.741 bits per heavy atom. The van der Waals surface area contributed by atoms with Crippen molar-refractivity contribution in [3.63, 3.8) is 0 Å². The van der Waals surface area contributed by atoms with E-state index in [9.17, 15) is 15.3 Å². The first kappa shape index (κ1) is 23.7. The molecule has 27 heavy (non-hydrogen) atoms. The molecular weight excluding hydrogens is 336 g/mol. The van der Waals surface area contributed by atoms with Gasteiger partial charge in [0.2, 0.25) is 5.75 Å². The van der Waals surface area contributed by atoms with Crippen LogP contribution >= 0.6 is 0 Å². The summed E-state index contributed by atoms with van der Waals surface area (Å²) in [6, 6.07) is 1.64. The quantitative estimate of drug-likeness (QED) is 0.284. The van der Waals surface area contributed by atoms with Gasteiger partial charge in [-0.25, -0.2) is 0 Å². The summed E-state index contributed by atoms with van der Waals surface area (Å²) in [7, 11) is 0. The van der Waals surface area contributed by atoms with Gasteiger partial charge >= 0.3 is 0 Å². The summed E-state index contributed by atoms with van der Waals surface area (Å²) in [5.74, 6) is -0.724. The van der Waals surface area contributed by atoms with E-state index in [0.29, 0.717) is 10.8 Å². The van der Waals surface area contributed by atoms with Crippen LogP contribution in [0.15, 0.2) is 6.07 Å². The van der Waals surface area contributed by atoms with Crippen LogP contribution in [0.1, 0.15) is 104 Å². The topological polar surface area (TPSA) is 60.7 Å². The Kier molecular flexibility index (Phi) is 8.98. The third-order valence-electron chi connectivity index (χ3n) is 5.81. The summed E-state index contributed by atoms with van der Waals surface area (Å²) in [6.45, 7) is 13.6. The lowest BCUT2D eigenvalue weighted by Gasteiger charge is -2.22. The van der Waals surface area contributed by atoms with Crippen LogP contribution in [0.4, 0.5) is 0 Å². The fourth-order valence-corrected chi connectivity index (χ4v) is 3.47. The molecular formula is C24H42O3. The van der Waals surface area contributed by atoms with Gasteiger partial charge in [0.1, 0.15) is 0 Å². The Morgan fingerprint density at radius 2 is 1.33 bits per heavy atom. The Hall–Kier alpha value is -1.38. The largest absolute Gasteiger partial charge is 0.504 e. The zero-order valence-electron chi connectivity index (χ0n) is 18.5. The van der Waals surface area contributed by atoms with Crippen molar-refractivity contribution < 1.29 is 15.3 Å². The van der Waals surface area contributed by atoms with Crippen LogP contribution in [0.25, 0.3) is 0 Å². The standard InChI is InChI=1S/C24H42O3/c1-7-24(5,6)16-12-10-13-18-17-20(25)22(27)21(26)19(18)14-9-8-11-15-23(2,3)4/h17,25-27H,7-16H2,1-6H3. The molecule has 1 rings (SSSR count). The molecule has 0 radical (unpaired) electrons. The van der Waals surface area contributed by atoms with Gasteiger partial charge < -0.3 is 15.3 Å². The van der Waals surface area contributed by atoms with Gasteiger partial charge in [-0.2, -0.15) is 0 Å². The van der Waals surface area contributed by atoms with Crippen LogP contribution in [0.5, 0.6) is 17.2 Å². The molecule has 0 bridgehead atoms. The average molecular weight is 379 g/mol. The van der Waals surface area contributed by atoms with Crippen molar-refractivity contribution in [2.45, 2.75) is 106 Å². The number of unbranched alkanes of at least 4 members (excludes halogenated alkanes) is 3. The van der Waals surface area contributed by atoms with E-state index in [-0.39, 0.29) is 17.2 Å². The Bertz CT molecular complexity index is 582. The lowest BCUT2D eigenvalue weighted by atomic mass is 9.84. The molecule has 0 saturated heterocycles. The van der Waals surface area contributed by atoms with Crippen molar-refractivity contribution in [1.82, 2.24) is 0 Å². The molecule has 0 aromatic heterocycles. The van der Waals surface area contributed by atoms with Crippen LogP contribution in [-0.4, -0.2) is 15.3 Å². The summed E-state index contributed by atoms with van der Waals surface area (Å²) in [4.78, 5) is 0. The van der Waals surface area contributed by atoms with Crippen molar-refractivity contribution in [2.75, 3.05) is 0 Å². The number of rotatable bonds is 11. The number of hydrogen-bond donors (Lipinski definition) is 3. The van der Waals surface area contributed by atoms with E-state index in [1.165, 1.54) is 25.7 Å². The first-order valence-electron chi connectivity index (χ1n) is 10.7. The summed E-state index contributed by atoms with van der Waals surface area (Å²) in [5.41, 5.74) is 2.52. The van der Waals surface area contributed by atoms with Gasteiger partial charge in [0.25, 0.3) is 0 Å². The summed E-state index contributed by atoms with van der Waals surface area (Å²) in [5, 5.41) is 30.2. The molecule has 0 amide bonds. The minimum absolute atomic E-state index is 0.130. The molecule has 1 aromatic rings. The normalized spacial score (nSPS) is 12.5. The van der Waals surface area contributed by atoms with Gasteiger partial charge in [0.15, 0.2) is 11.5 Å². The maximum Gasteiger partial charge on any atom is 0.200 e. The van der Waals surface area contributed by atoms with Crippen molar-refractivity contribution >= 4 is 0 Å². The van der Waals surface area contributed by atoms with Crippen LogP contribution in [0.3, 0.4) is 0 Å². The van der Waals surface area contributed by atoms with Crippen LogP contribution in [0, 0.1) is 10.8 Å². The third kappa shape index (κ3) is 8.45. The van der Waals surface area contributed by atoms with E-state index < -0.39 is 0 Å². The first-order chi connectivity index (χ1) is 12.5. The highest BCUT2D eigenvalue weighted by Crippen LogP contribution is 2.41. The number of aryl methyl sites for hydroxylation is 1. The molecule has 0 aliphatic heterocycles. The van der Waals surface area contributed by atoms with Gasteiger partial charge in [-0.05, 0) is 61.0 Å². The zero-order valence-corrected chi connectivity index (χ0v) is 18.5. The lowest BCUT2D eigenvalue weighted by molar-refractivity contribution is 0.309. The van der Waals surface area contributed by atoms with Crippen LogP contribution in [-0.2, 0) is 12.8 Å². The fraction of sp³-hybridized carbons (Fsp3) is 0.750. The van der Waals surface area contributed by atoms with E-state index in [1.807, 2.05) is 0 Å². The minimum Gasteiger partial charge on any atom is -0.504 e. The SMILES string of the molecule is CCC(C)(C)CCCCc1cc(O)c(O)c(O)c1CCCCCC(C)(C)C. The third-order valence-corrected chi connectivity index (χ3v) is 5.81. The maximum atomic E-state index is 10.4. The molecule has 0 fully saturated rings. The fourth-order valence-electron chi connectivity index (χ4n) is 3.47. The molecule has 0 atom stereocenters. The van der Waals surface area contributed by atoms with Gasteiger partial charge in [0, 0.05) is 5.56 Å². The lowest BCUT2D eigenvalue weighted by Crippen LogP contribution is -2.09. The predicted octanol–water partition coefficient (Wildman–Crippen LogP) is 7.10. The number of phenolic OH excluding ortho intramolecular Hbond substituents is 3. The summed E-state index contributed by atoms with van der Waals surface area (Å²) >= 11 is 0. The van der Waals surface area contributed by atoms with Crippen molar-refractivity contribution in [1.29, 1.82) is 0 Å². The van der Waals surface area contributed by atoms with E-state index in [0.717, 1.165) is 49.7 Å². The molecule has 0 aliphatic rings. The molecule has 156 valence electrons. The van der Waals surface area contributed by atoms with E-state index in [1.54, 1.807) is 6.07 Å². The van der Waals surface area contributed by atoms with Crippen LogP contribution in [0.2, 0.25) is 0 Å². The number of hydrogen-bond acceptors (Lipinski definition) is 3. The maximum absolute atomic E-state index is 10.4. The monoisotopic (exact) mass is 378 g/mol. The molecule has 1 aromatic carbocycles. The van der Waals surface area contributed by atoms with Crippen LogP contribution < -0.4 is 0 Å². The van der Waals surface area contributed by atoms with Crippen molar-refractivity contribution in [3.05, 3.63) is 17.2 Å². The Labute approximate surface area is 166 Å². The van der Waals surface area contributed by atoms with Gasteiger partial charge in [-0.15, -0.1) is 0 Å². The smallest absolute Gasteiger partial charge is 0.200 e. The van der Waals surface area contributed by atoms with E-state index in [2.05, 4.69) is 41.5 Å². The molecule has 3 N–H and O–H groups in total. The van der Waals surface area contributed by atoms with Gasteiger partial charge in [-0.3, -0.25) is 0 Å². The summed E-state index contributed by atoms with van der Waals surface area (Å²) < 4.78 is 0. The highest BCUT2D eigenvalue weighted by molar-refractivity contribution is 5.57. The molecule has 0 saturated carbocycles. The van der Waals surface area contributed by atoms with Crippen molar-refractivity contribution in [3.8, 4) is 17.2 Å². The van der Waals surface area contributed by atoms with E-state index >= 15 is 0 Å².